The zero-order chi connectivity index (χ0) is 27.1. The maximum absolute atomic E-state index is 12.7. The van der Waals surface area contributed by atoms with Crippen molar-refractivity contribution in [3.8, 4) is 0 Å². The van der Waals surface area contributed by atoms with E-state index in [2.05, 4.69) is 14.4 Å². The van der Waals surface area contributed by atoms with E-state index in [4.69, 9.17) is 41.7 Å². The van der Waals surface area contributed by atoms with E-state index in [1.807, 2.05) is 7.85 Å². The third-order valence-electron chi connectivity index (χ3n) is 4.41. The molecule has 0 amide bonds. The first kappa shape index (κ1) is 34.3. The number of aliphatic hydroxyl groups excluding tert-OH is 1. The van der Waals surface area contributed by atoms with Gasteiger partial charge in [0.05, 0.1) is 59.5 Å². The van der Waals surface area contributed by atoms with E-state index in [0.29, 0.717) is 6.42 Å². The maximum atomic E-state index is 12.7. The molecule has 19 heteroatoms. The lowest BCUT2D eigenvalue weighted by Gasteiger charge is -2.21. The zero-order valence-electron chi connectivity index (χ0n) is 21.3. The molecule has 1 heterocycles. The van der Waals surface area contributed by atoms with Crippen LogP contribution in [0.3, 0.4) is 0 Å². The first-order chi connectivity index (χ1) is 17.0. The van der Waals surface area contributed by atoms with Gasteiger partial charge in [0.1, 0.15) is 7.85 Å². The third kappa shape index (κ3) is 14.4. The van der Waals surface area contributed by atoms with Gasteiger partial charge in [0, 0.05) is 19.3 Å². The number of aliphatic hydroxyl groups is 1. The summed E-state index contributed by atoms with van der Waals surface area (Å²) >= 11 is 0. The molecule has 1 aliphatic heterocycles. The van der Waals surface area contributed by atoms with Gasteiger partial charge in [0.15, 0.2) is 0 Å². The first-order valence-electron chi connectivity index (χ1n) is 11.4. The highest BCUT2D eigenvalue weighted by atomic mass is 31.2. The Hall–Kier alpha value is 0.275. The fourth-order valence-corrected chi connectivity index (χ4v) is 6.17. The number of hydrogen-bond acceptors (Lipinski definition) is 15. The van der Waals surface area contributed by atoms with Crippen molar-refractivity contribution in [1.29, 1.82) is 0 Å². The molecule has 214 valence electrons. The van der Waals surface area contributed by atoms with Crippen LogP contribution in [0.4, 0.5) is 0 Å². The Balaban J connectivity index is 2.28. The van der Waals surface area contributed by atoms with Crippen molar-refractivity contribution in [2.75, 3.05) is 60.5 Å². The fraction of sp³-hybridized carbons (Fsp3) is 1.00. The summed E-state index contributed by atoms with van der Waals surface area (Å²) in [5.74, 6) is 0. The summed E-state index contributed by atoms with van der Waals surface area (Å²) in [5.41, 5.74) is 0. The molecule has 6 atom stereocenters. The second-order valence-electron chi connectivity index (χ2n) is 7.63. The standard InChI is InChI=1S/C17H38BO15P3/c1-15-16(14-17(18)30-15)31-36(22,33-24-3)29-13-7-11-26-34(4,20)25-10-6-12-28-35(21,32-23-2)27-9-5-8-19/h15-17,19H,5-14,18H2,1-4H3. The van der Waals surface area contributed by atoms with Crippen molar-refractivity contribution in [2.24, 2.45) is 0 Å². The van der Waals surface area contributed by atoms with Crippen LogP contribution >= 0.6 is 23.2 Å². The Bertz CT molecular complexity index is 744. The van der Waals surface area contributed by atoms with Crippen molar-refractivity contribution in [2.45, 2.75) is 50.8 Å². The topological polar surface area (TPSA) is 173 Å². The monoisotopic (exact) mass is 586 g/mol. The molecule has 0 aromatic heterocycles. The Labute approximate surface area is 212 Å². The van der Waals surface area contributed by atoms with Gasteiger partial charge in [-0.25, -0.2) is 18.9 Å². The highest BCUT2D eigenvalue weighted by Crippen LogP contribution is 2.53. The summed E-state index contributed by atoms with van der Waals surface area (Å²) in [6.07, 6.45) is 0.407. The molecule has 36 heavy (non-hydrogen) atoms. The van der Waals surface area contributed by atoms with Gasteiger partial charge < -0.3 is 18.9 Å². The number of phosphoric ester groups is 2. The Morgan fingerprint density at radius 2 is 1.31 bits per heavy atom. The van der Waals surface area contributed by atoms with Crippen LogP contribution in [0.25, 0.3) is 0 Å². The van der Waals surface area contributed by atoms with Gasteiger partial charge in [-0.3, -0.25) is 22.7 Å². The molecule has 1 fully saturated rings. The first-order valence-corrected chi connectivity index (χ1v) is 16.3. The van der Waals surface area contributed by atoms with Crippen molar-refractivity contribution < 1.29 is 69.8 Å². The smallest absolute Gasteiger partial charge is 0.396 e. The van der Waals surface area contributed by atoms with Crippen molar-refractivity contribution in [3.05, 3.63) is 0 Å². The Kier molecular flexibility index (Phi) is 16.9. The molecule has 0 bridgehead atoms. The zero-order valence-corrected chi connectivity index (χ0v) is 24.0. The minimum Gasteiger partial charge on any atom is -0.396 e. The largest absolute Gasteiger partial charge is 0.502 e. The van der Waals surface area contributed by atoms with Crippen LogP contribution in [0.2, 0.25) is 0 Å². The number of ether oxygens (including phenoxy) is 1. The van der Waals surface area contributed by atoms with Crippen molar-refractivity contribution in [1.82, 2.24) is 0 Å². The fourth-order valence-electron chi connectivity index (χ4n) is 2.86. The van der Waals surface area contributed by atoms with E-state index in [1.54, 1.807) is 6.92 Å². The average Bonchev–Trinajstić information content (AvgIpc) is 3.09. The molecular formula is C17H38BO15P3. The van der Waals surface area contributed by atoms with E-state index in [9.17, 15) is 13.7 Å². The predicted octanol–water partition coefficient (Wildman–Crippen LogP) is 2.58. The molecule has 1 rings (SSSR count). The van der Waals surface area contributed by atoms with Crippen molar-refractivity contribution >= 4 is 31.1 Å². The predicted molar refractivity (Wildman–Crippen MR) is 128 cm³/mol. The SMILES string of the molecule is BC1CC(OP(=O)(OCCCOP(C)(=O)OCCCOP(=O)(OCCCO)OOC)OOC)C(C)O1. The quantitative estimate of drug-likeness (QED) is 0.0644. The minimum atomic E-state index is -4.00. The Morgan fingerprint density at radius 1 is 0.833 bits per heavy atom. The van der Waals surface area contributed by atoms with Gasteiger partial charge in [-0.05, 0) is 32.6 Å². The molecule has 1 saturated heterocycles. The molecule has 0 radical (unpaired) electrons. The lowest BCUT2D eigenvalue weighted by Crippen LogP contribution is -2.21. The van der Waals surface area contributed by atoms with Crippen LogP contribution in [0.5, 0.6) is 0 Å². The van der Waals surface area contributed by atoms with Gasteiger partial charge in [-0.15, -0.1) is 9.35 Å². The highest BCUT2D eigenvalue weighted by Gasteiger charge is 2.39. The minimum absolute atomic E-state index is 0.0210. The molecule has 0 spiro atoms. The average molecular weight is 586 g/mol. The van der Waals surface area contributed by atoms with Crippen LogP contribution in [0.1, 0.15) is 32.6 Å². The molecule has 6 unspecified atom stereocenters. The lowest BCUT2D eigenvalue weighted by atomic mass is 9.96. The molecule has 0 aromatic carbocycles. The summed E-state index contributed by atoms with van der Waals surface area (Å²) in [6, 6.07) is -0.0481. The molecule has 0 aromatic rings. The second kappa shape index (κ2) is 17.8. The number of rotatable bonds is 22. The van der Waals surface area contributed by atoms with Gasteiger partial charge in [0.25, 0.3) is 0 Å². The summed E-state index contributed by atoms with van der Waals surface area (Å²) in [4.78, 5) is 8.87. The molecule has 1 N–H and O–H groups in total. The maximum Gasteiger partial charge on any atom is 0.502 e. The van der Waals surface area contributed by atoms with E-state index in [0.717, 1.165) is 7.11 Å². The number of phosphoric acid groups is 2. The molecule has 1 aliphatic rings. The van der Waals surface area contributed by atoms with Crippen LogP contribution in [0.15, 0.2) is 0 Å². The summed E-state index contributed by atoms with van der Waals surface area (Å²) < 4.78 is 83.5. The highest BCUT2D eigenvalue weighted by molar-refractivity contribution is 7.53. The van der Waals surface area contributed by atoms with Crippen molar-refractivity contribution in [3.63, 3.8) is 0 Å². The lowest BCUT2D eigenvalue weighted by molar-refractivity contribution is -0.204. The molecule has 0 aliphatic carbocycles. The van der Waals surface area contributed by atoms with Gasteiger partial charge in [-0.2, -0.15) is 0 Å². The summed E-state index contributed by atoms with van der Waals surface area (Å²) in [6.45, 7) is 2.64. The van der Waals surface area contributed by atoms with Crippen LogP contribution in [-0.2, 0) is 64.7 Å². The van der Waals surface area contributed by atoms with Gasteiger partial charge >= 0.3 is 23.2 Å². The summed E-state index contributed by atoms with van der Waals surface area (Å²) in [5, 5.41) is 8.76. The van der Waals surface area contributed by atoms with E-state index < -0.39 is 29.3 Å². The van der Waals surface area contributed by atoms with Crippen LogP contribution in [-0.4, -0.2) is 91.7 Å². The summed E-state index contributed by atoms with van der Waals surface area (Å²) in [7, 11) is -7.16. The van der Waals surface area contributed by atoms with E-state index in [-0.39, 0.29) is 71.0 Å². The second-order valence-corrected chi connectivity index (χ2v) is 12.8. The third-order valence-corrected chi connectivity index (χ3v) is 8.40. The van der Waals surface area contributed by atoms with E-state index >= 15 is 0 Å². The van der Waals surface area contributed by atoms with Crippen LogP contribution < -0.4 is 0 Å². The van der Waals surface area contributed by atoms with Crippen LogP contribution in [0, 0.1) is 0 Å². The van der Waals surface area contributed by atoms with Gasteiger partial charge in [0.2, 0.25) is 0 Å². The number of hydrogen-bond donors (Lipinski definition) is 1. The normalized spacial score (nSPS) is 25.3. The molecule has 0 saturated carbocycles. The van der Waals surface area contributed by atoms with Gasteiger partial charge in [-0.1, -0.05) is 0 Å². The molecule has 15 nitrogen and oxygen atoms in total. The van der Waals surface area contributed by atoms with E-state index in [1.165, 1.54) is 13.8 Å². The Morgan fingerprint density at radius 3 is 1.78 bits per heavy atom. The molecular weight excluding hydrogens is 548 g/mol.